The van der Waals surface area contributed by atoms with Crippen molar-refractivity contribution in [1.82, 2.24) is 4.98 Å². The minimum absolute atomic E-state index is 0.152. The number of hydrogen-bond donors (Lipinski definition) is 1. The molecule has 0 aliphatic carbocycles. The lowest BCUT2D eigenvalue weighted by atomic mass is 10.1. The monoisotopic (exact) mass is 250 g/mol. The molecule has 3 nitrogen and oxygen atoms in total. The highest BCUT2D eigenvalue weighted by Gasteiger charge is 2.06. The topological polar surface area (TPSA) is 48.1 Å². The summed E-state index contributed by atoms with van der Waals surface area (Å²) in [4.78, 5) is 3.98. The average molecular weight is 250 g/mol. The van der Waals surface area contributed by atoms with E-state index in [1.165, 1.54) is 6.07 Å². The van der Waals surface area contributed by atoms with Crippen molar-refractivity contribution in [2.45, 2.75) is 13.0 Å². The third-order valence-corrected chi connectivity index (χ3v) is 2.40. The van der Waals surface area contributed by atoms with Crippen molar-refractivity contribution in [1.29, 1.82) is 0 Å². The van der Waals surface area contributed by atoms with Crippen LogP contribution in [-0.2, 0) is 0 Å². The van der Waals surface area contributed by atoms with Gasteiger partial charge in [-0.15, -0.1) is 0 Å². The van der Waals surface area contributed by atoms with Gasteiger partial charge >= 0.3 is 0 Å². The Hall–Kier alpha value is -2.01. The van der Waals surface area contributed by atoms with Crippen molar-refractivity contribution in [3.63, 3.8) is 0 Å². The van der Waals surface area contributed by atoms with E-state index in [4.69, 9.17) is 10.5 Å². The molecule has 0 radical (unpaired) electrons. The summed E-state index contributed by atoms with van der Waals surface area (Å²) in [6, 6.07) is 6.57. The first-order valence-electron chi connectivity index (χ1n) is 5.40. The highest BCUT2D eigenvalue weighted by molar-refractivity contribution is 5.30. The molecule has 0 amide bonds. The molecule has 0 saturated heterocycles. The number of aromatic nitrogens is 1. The lowest BCUT2D eigenvalue weighted by Crippen LogP contribution is -2.05. The van der Waals surface area contributed by atoms with E-state index in [9.17, 15) is 8.78 Å². The minimum Gasteiger partial charge on any atom is -0.439 e. The molecule has 94 valence electrons. The molecule has 5 heteroatoms. The summed E-state index contributed by atoms with van der Waals surface area (Å²) in [5, 5.41) is 0. The molecule has 18 heavy (non-hydrogen) atoms. The van der Waals surface area contributed by atoms with Crippen molar-refractivity contribution in [2.75, 3.05) is 0 Å². The second kappa shape index (κ2) is 5.10. The average Bonchev–Trinajstić information content (AvgIpc) is 2.34. The first-order valence-corrected chi connectivity index (χ1v) is 5.40. The van der Waals surface area contributed by atoms with Gasteiger partial charge in [0.05, 0.1) is 0 Å². The number of benzene rings is 1. The molecule has 0 aliphatic rings. The van der Waals surface area contributed by atoms with Gasteiger partial charge in [-0.05, 0) is 30.7 Å². The van der Waals surface area contributed by atoms with Gasteiger partial charge < -0.3 is 10.5 Å². The lowest BCUT2D eigenvalue weighted by molar-refractivity contribution is 0.446. The molecule has 0 unspecified atom stereocenters. The van der Waals surface area contributed by atoms with Crippen LogP contribution in [0.1, 0.15) is 18.5 Å². The highest BCUT2D eigenvalue weighted by Crippen LogP contribution is 2.23. The first-order chi connectivity index (χ1) is 8.56. The number of ether oxygens (including phenoxy) is 1. The van der Waals surface area contributed by atoms with E-state index in [0.717, 1.165) is 17.7 Å². The van der Waals surface area contributed by atoms with Crippen LogP contribution < -0.4 is 10.5 Å². The van der Waals surface area contributed by atoms with Gasteiger partial charge in [-0.1, -0.05) is 0 Å². The van der Waals surface area contributed by atoms with Crippen LogP contribution in [0.2, 0.25) is 0 Å². The number of halogens is 2. The molecular weight excluding hydrogens is 238 g/mol. The van der Waals surface area contributed by atoms with Crippen LogP contribution in [0.25, 0.3) is 0 Å². The van der Waals surface area contributed by atoms with Crippen molar-refractivity contribution >= 4 is 0 Å². The standard InChI is InChI=1S/C13H12F2N2O/c1-8(16)9-4-5-17-13(6-9)18-10-2-3-11(14)12(15)7-10/h2-8H,16H2,1H3/t8-/m0/s1. The molecule has 0 aliphatic heterocycles. The Labute approximate surface area is 103 Å². The van der Waals surface area contributed by atoms with Gasteiger partial charge in [0.2, 0.25) is 5.88 Å². The maximum Gasteiger partial charge on any atom is 0.219 e. The number of rotatable bonds is 3. The Morgan fingerprint density at radius 2 is 1.94 bits per heavy atom. The van der Waals surface area contributed by atoms with Crippen LogP contribution in [0.15, 0.2) is 36.5 Å². The van der Waals surface area contributed by atoms with E-state index in [-0.39, 0.29) is 17.7 Å². The van der Waals surface area contributed by atoms with E-state index in [1.807, 2.05) is 6.92 Å². The van der Waals surface area contributed by atoms with E-state index < -0.39 is 11.6 Å². The minimum atomic E-state index is -0.962. The zero-order chi connectivity index (χ0) is 13.1. The van der Waals surface area contributed by atoms with Gasteiger partial charge in [-0.25, -0.2) is 13.8 Å². The van der Waals surface area contributed by atoms with E-state index in [0.29, 0.717) is 0 Å². The SMILES string of the molecule is C[C@H](N)c1ccnc(Oc2ccc(F)c(F)c2)c1. The number of nitrogens with two attached hydrogens (primary N) is 1. The van der Waals surface area contributed by atoms with E-state index in [1.54, 1.807) is 18.3 Å². The van der Waals surface area contributed by atoms with Crippen LogP contribution in [0, 0.1) is 11.6 Å². The number of hydrogen-bond acceptors (Lipinski definition) is 3. The summed E-state index contributed by atoms with van der Waals surface area (Å²) in [6.45, 7) is 1.83. The summed E-state index contributed by atoms with van der Waals surface area (Å²) in [6.07, 6.45) is 1.55. The van der Waals surface area contributed by atoms with Crippen LogP contribution in [-0.4, -0.2) is 4.98 Å². The van der Waals surface area contributed by atoms with Crippen molar-refractivity contribution < 1.29 is 13.5 Å². The molecule has 0 fully saturated rings. The largest absolute Gasteiger partial charge is 0.439 e. The van der Waals surface area contributed by atoms with Crippen molar-refractivity contribution in [3.8, 4) is 11.6 Å². The third kappa shape index (κ3) is 2.81. The van der Waals surface area contributed by atoms with Gasteiger partial charge in [0.15, 0.2) is 11.6 Å². The highest BCUT2D eigenvalue weighted by atomic mass is 19.2. The first kappa shape index (κ1) is 12.4. The predicted octanol–water partition coefficient (Wildman–Crippen LogP) is 3.17. The zero-order valence-corrected chi connectivity index (χ0v) is 9.73. The van der Waals surface area contributed by atoms with Crippen molar-refractivity contribution in [2.24, 2.45) is 5.73 Å². The second-order valence-corrected chi connectivity index (χ2v) is 3.89. The normalized spacial score (nSPS) is 12.2. The van der Waals surface area contributed by atoms with E-state index in [2.05, 4.69) is 4.98 Å². The third-order valence-electron chi connectivity index (χ3n) is 2.40. The summed E-state index contributed by atoms with van der Waals surface area (Å²) >= 11 is 0. The predicted molar refractivity (Wildman–Crippen MR) is 63.3 cm³/mol. The molecule has 2 aromatic rings. The van der Waals surface area contributed by atoms with Crippen molar-refractivity contribution in [3.05, 3.63) is 53.7 Å². The fourth-order valence-corrected chi connectivity index (χ4v) is 1.42. The lowest BCUT2D eigenvalue weighted by Gasteiger charge is -2.08. The Kier molecular flexibility index (Phi) is 3.53. The fourth-order valence-electron chi connectivity index (χ4n) is 1.42. The maximum absolute atomic E-state index is 13.0. The Morgan fingerprint density at radius 1 is 1.17 bits per heavy atom. The Morgan fingerprint density at radius 3 is 2.61 bits per heavy atom. The van der Waals surface area contributed by atoms with Crippen LogP contribution >= 0.6 is 0 Å². The molecule has 1 atom stereocenters. The molecule has 0 spiro atoms. The Bertz CT molecular complexity index is 558. The van der Waals surface area contributed by atoms with Crippen LogP contribution in [0.4, 0.5) is 8.78 Å². The molecule has 2 N–H and O–H groups in total. The summed E-state index contributed by atoms with van der Waals surface area (Å²) in [5.74, 6) is -1.41. The van der Waals surface area contributed by atoms with Gasteiger partial charge in [-0.3, -0.25) is 0 Å². The van der Waals surface area contributed by atoms with Gasteiger partial charge in [0.25, 0.3) is 0 Å². The fraction of sp³-hybridized carbons (Fsp3) is 0.154. The summed E-state index contributed by atoms with van der Waals surface area (Å²) < 4.78 is 31.1. The summed E-state index contributed by atoms with van der Waals surface area (Å²) in [5.41, 5.74) is 6.58. The molecule has 1 heterocycles. The Balaban J connectivity index is 2.23. The quantitative estimate of drug-likeness (QED) is 0.910. The van der Waals surface area contributed by atoms with Gasteiger partial charge in [-0.2, -0.15) is 0 Å². The maximum atomic E-state index is 13.0. The smallest absolute Gasteiger partial charge is 0.219 e. The van der Waals surface area contributed by atoms with Gasteiger partial charge in [0, 0.05) is 24.4 Å². The van der Waals surface area contributed by atoms with Crippen LogP contribution in [0.5, 0.6) is 11.6 Å². The van der Waals surface area contributed by atoms with Gasteiger partial charge in [0.1, 0.15) is 5.75 Å². The molecule has 0 bridgehead atoms. The van der Waals surface area contributed by atoms with Crippen LogP contribution in [0.3, 0.4) is 0 Å². The molecule has 1 aromatic heterocycles. The number of pyridine rings is 1. The molecule has 0 saturated carbocycles. The molecular formula is C13H12F2N2O. The number of nitrogens with zero attached hydrogens (tertiary/aromatic N) is 1. The molecule has 2 rings (SSSR count). The molecule has 1 aromatic carbocycles. The summed E-state index contributed by atoms with van der Waals surface area (Å²) in [7, 11) is 0. The second-order valence-electron chi connectivity index (χ2n) is 3.89. The zero-order valence-electron chi connectivity index (χ0n) is 9.73. The van der Waals surface area contributed by atoms with E-state index >= 15 is 0 Å².